The van der Waals surface area contributed by atoms with Crippen LogP contribution in [-0.4, -0.2) is 18.2 Å². The Kier molecular flexibility index (Phi) is 5.72. The predicted molar refractivity (Wildman–Crippen MR) is 102 cm³/mol. The summed E-state index contributed by atoms with van der Waals surface area (Å²) in [4.78, 5) is 12.3. The fraction of sp³-hybridized carbons (Fsp3) is 0.0476. The summed E-state index contributed by atoms with van der Waals surface area (Å²) in [7, 11) is 0. The second kappa shape index (κ2) is 8.58. The second-order valence-electron chi connectivity index (χ2n) is 5.59. The van der Waals surface area contributed by atoms with Gasteiger partial charge in [0.05, 0.1) is 17.9 Å². The van der Waals surface area contributed by atoms with Crippen LogP contribution in [0.25, 0.3) is 0 Å². The van der Waals surface area contributed by atoms with Crippen molar-refractivity contribution in [1.82, 2.24) is 5.32 Å². The van der Waals surface area contributed by atoms with Gasteiger partial charge in [0, 0.05) is 5.56 Å². The normalized spacial score (nSPS) is 11.0. The number of carbonyl (C=O) groups excluding carboxylic acids is 1. The molecule has 4 nitrogen and oxygen atoms in total. The minimum Gasteiger partial charge on any atom is -0.346 e. The Bertz CT molecular complexity index is 878. The summed E-state index contributed by atoms with van der Waals surface area (Å²) >= 11 is 0. The third-order valence-electron chi connectivity index (χ3n) is 3.72. The molecule has 130 valence electrons. The molecule has 0 aliphatic carbocycles. The summed E-state index contributed by atoms with van der Waals surface area (Å²) in [5.41, 5.74) is 5.71. The summed E-state index contributed by atoms with van der Waals surface area (Å²) < 4.78 is 13.0. The summed E-state index contributed by atoms with van der Waals surface area (Å²) in [5.74, 6) is -0.478. The zero-order valence-electron chi connectivity index (χ0n) is 14.0. The fourth-order valence-corrected chi connectivity index (χ4v) is 2.35. The maximum absolute atomic E-state index is 13.0. The van der Waals surface area contributed by atoms with E-state index in [9.17, 15) is 9.18 Å². The Balaban J connectivity index is 1.74. The zero-order chi connectivity index (χ0) is 18.2. The molecule has 0 heterocycles. The van der Waals surface area contributed by atoms with E-state index in [4.69, 9.17) is 0 Å². The first-order chi connectivity index (χ1) is 12.7. The molecule has 5 heteroatoms. The van der Waals surface area contributed by atoms with E-state index in [-0.39, 0.29) is 18.3 Å². The van der Waals surface area contributed by atoms with Gasteiger partial charge in [0.25, 0.3) is 5.91 Å². The number of benzene rings is 3. The standard InChI is InChI=1S/C21H18FN3O/c22-18-11-13-19(14-12-18)24-25-20(16-7-3-1-4-8-16)15-23-21(26)17-9-5-2-6-10-17/h1-14,24H,15H2,(H,23,26). The third-order valence-corrected chi connectivity index (χ3v) is 3.72. The molecule has 0 bridgehead atoms. The summed E-state index contributed by atoms with van der Waals surface area (Å²) in [6, 6.07) is 24.5. The number of nitrogens with zero attached hydrogens (tertiary/aromatic N) is 1. The Morgan fingerprint density at radius 2 is 1.38 bits per heavy atom. The monoisotopic (exact) mass is 347 g/mol. The lowest BCUT2D eigenvalue weighted by molar-refractivity contribution is 0.0959. The van der Waals surface area contributed by atoms with Crippen molar-refractivity contribution in [2.45, 2.75) is 0 Å². The van der Waals surface area contributed by atoms with Crippen molar-refractivity contribution in [2.24, 2.45) is 5.10 Å². The van der Waals surface area contributed by atoms with Crippen molar-refractivity contribution in [2.75, 3.05) is 12.0 Å². The molecule has 0 saturated carbocycles. The molecular formula is C21H18FN3O. The van der Waals surface area contributed by atoms with Crippen LogP contribution in [-0.2, 0) is 0 Å². The van der Waals surface area contributed by atoms with E-state index in [1.54, 1.807) is 24.3 Å². The van der Waals surface area contributed by atoms with Gasteiger partial charge in [0.15, 0.2) is 0 Å². The molecular weight excluding hydrogens is 329 g/mol. The summed E-state index contributed by atoms with van der Waals surface area (Å²) in [6.45, 7) is 0.256. The fourth-order valence-electron chi connectivity index (χ4n) is 2.35. The SMILES string of the molecule is O=C(NCC(=NNc1ccc(F)cc1)c1ccccc1)c1ccccc1. The van der Waals surface area contributed by atoms with Gasteiger partial charge < -0.3 is 5.32 Å². The first-order valence-electron chi connectivity index (χ1n) is 8.19. The number of halogens is 1. The van der Waals surface area contributed by atoms with Crippen molar-refractivity contribution < 1.29 is 9.18 Å². The smallest absolute Gasteiger partial charge is 0.251 e. The lowest BCUT2D eigenvalue weighted by atomic mass is 10.1. The average Bonchev–Trinajstić information content (AvgIpc) is 2.70. The van der Waals surface area contributed by atoms with E-state index in [2.05, 4.69) is 15.8 Å². The molecule has 0 aliphatic rings. The number of hydrogen-bond acceptors (Lipinski definition) is 3. The van der Waals surface area contributed by atoms with Crippen LogP contribution >= 0.6 is 0 Å². The van der Waals surface area contributed by atoms with E-state index >= 15 is 0 Å². The molecule has 0 radical (unpaired) electrons. The van der Waals surface area contributed by atoms with Gasteiger partial charge in [-0.05, 0) is 42.0 Å². The van der Waals surface area contributed by atoms with E-state index in [0.29, 0.717) is 17.0 Å². The summed E-state index contributed by atoms with van der Waals surface area (Å²) in [5, 5.41) is 7.26. The molecule has 0 unspecified atom stereocenters. The van der Waals surface area contributed by atoms with Crippen molar-refractivity contribution in [3.8, 4) is 0 Å². The van der Waals surface area contributed by atoms with Gasteiger partial charge in [-0.2, -0.15) is 5.10 Å². The summed E-state index contributed by atoms with van der Waals surface area (Å²) in [6.07, 6.45) is 0. The lowest BCUT2D eigenvalue weighted by Crippen LogP contribution is -2.30. The molecule has 3 aromatic rings. The Hall–Kier alpha value is -3.47. The highest BCUT2D eigenvalue weighted by atomic mass is 19.1. The molecule has 1 amide bonds. The Labute approximate surface area is 151 Å². The Morgan fingerprint density at radius 3 is 2.00 bits per heavy atom. The Morgan fingerprint density at radius 1 is 0.808 bits per heavy atom. The molecule has 0 fully saturated rings. The molecule has 0 aromatic heterocycles. The molecule has 3 rings (SSSR count). The van der Waals surface area contributed by atoms with Crippen molar-refractivity contribution in [3.05, 3.63) is 102 Å². The first-order valence-corrected chi connectivity index (χ1v) is 8.19. The zero-order valence-corrected chi connectivity index (χ0v) is 14.0. The highest BCUT2D eigenvalue weighted by Crippen LogP contribution is 2.09. The number of amides is 1. The van der Waals surface area contributed by atoms with Crippen LogP contribution in [0.3, 0.4) is 0 Å². The second-order valence-corrected chi connectivity index (χ2v) is 5.59. The maximum atomic E-state index is 13.0. The lowest BCUT2D eigenvalue weighted by Gasteiger charge is -2.10. The number of carbonyl (C=O) groups is 1. The number of nitrogens with one attached hydrogen (secondary N) is 2. The molecule has 0 aliphatic heterocycles. The molecule has 2 N–H and O–H groups in total. The largest absolute Gasteiger partial charge is 0.346 e. The van der Waals surface area contributed by atoms with Gasteiger partial charge in [-0.1, -0.05) is 48.5 Å². The minimum atomic E-state index is -0.307. The van der Waals surface area contributed by atoms with Gasteiger partial charge in [-0.3, -0.25) is 10.2 Å². The van der Waals surface area contributed by atoms with Crippen LogP contribution in [0.2, 0.25) is 0 Å². The first kappa shape index (κ1) is 17.4. The van der Waals surface area contributed by atoms with Crippen LogP contribution < -0.4 is 10.7 Å². The van der Waals surface area contributed by atoms with Crippen molar-refractivity contribution in [3.63, 3.8) is 0 Å². The van der Waals surface area contributed by atoms with Gasteiger partial charge >= 0.3 is 0 Å². The van der Waals surface area contributed by atoms with Crippen LogP contribution in [0.4, 0.5) is 10.1 Å². The molecule has 0 spiro atoms. The van der Waals surface area contributed by atoms with Crippen LogP contribution in [0.15, 0.2) is 90.0 Å². The van der Waals surface area contributed by atoms with Crippen molar-refractivity contribution in [1.29, 1.82) is 0 Å². The van der Waals surface area contributed by atoms with E-state index < -0.39 is 0 Å². The number of rotatable bonds is 6. The van der Waals surface area contributed by atoms with E-state index in [1.807, 2.05) is 48.5 Å². The van der Waals surface area contributed by atoms with Crippen LogP contribution in [0.1, 0.15) is 15.9 Å². The molecule has 3 aromatic carbocycles. The highest BCUT2D eigenvalue weighted by Gasteiger charge is 2.08. The third kappa shape index (κ3) is 4.77. The van der Waals surface area contributed by atoms with E-state index in [1.165, 1.54) is 12.1 Å². The van der Waals surface area contributed by atoms with Crippen LogP contribution in [0, 0.1) is 5.82 Å². The van der Waals surface area contributed by atoms with Crippen molar-refractivity contribution >= 4 is 17.3 Å². The van der Waals surface area contributed by atoms with E-state index in [0.717, 1.165) is 5.56 Å². The highest BCUT2D eigenvalue weighted by molar-refractivity contribution is 6.05. The van der Waals surface area contributed by atoms with Gasteiger partial charge in [-0.25, -0.2) is 4.39 Å². The van der Waals surface area contributed by atoms with Gasteiger partial charge in [0.1, 0.15) is 5.82 Å². The van der Waals surface area contributed by atoms with Gasteiger partial charge in [0.2, 0.25) is 0 Å². The predicted octanol–water partition coefficient (Wildman–Crippen LogP) is 4.07. The number of hydrogen-bond donors (Lipinski definition) is 2. The molecule has 0 saturated heterocycles. The quantitative estimate of drug-likeness (QED) is 0.522. The number of hydrazone groups is 1. The molecule has 0 atom stereocenters. The van der Waals surface area contributed by atoms with Crippen LogP contribution in [0.5, 0.6) is 0 Å². The van der Waals surface area contributed by atoms with Gasteiger partial charge in [-0.15, -0.1) is 0 Å². The number of anilines is 1. The topological polar surface area (TPSA) is 53.5 Å². The molecule has 26 heavy (non-hydrogen) atoms. The average molecular weight is 347 g/mol. The maximum Gasteiger partial charge on any atom is 0.251 e. The minimum absolute atomic E-state index is 0.170.